The third-order valence-corrected chi connectivity index (χ3v) is 1.86. The zero-order valence-electron chi connectivity index (χ0n) is 7.56. The molecular weight excluding hydrogens is 193 g/mol. The minimum atomic E-state index is -1.22. The molecular formula is C10H9F3O. The summed E-state index contributed by atoms with van der Waals surface area (Å²) in [6.07, 6.45) is 0.716. The van der Waals surface area contributed by atoms with E-state index in [0.717, 1.165) is 6.07 Å². The summed E-state index contributed by atoms with van der Waals surface area (Å²) in [7, 11) is 0. The van der Waals surface area contributed by atoms with E-state index >= 15 is 0 Å². The first-order valence-corrected chi connectivity index (χ1v) is 4.13. The highest BCUT2D eigenvalue weighted by Crippen LogP contribution is 2.16. The molecule has 1 rings (SSSR count). The lowest BCUT2D eigenvalue weighted by molar-refractivity contribution is -0.110. The van der Waals surface area contributed by atoms with Crippen LogP contribution in [0.2, 0.25) is 0 Å². The van der Waals surface area contributed by atoms with Gasteiger partial charge in [-0.25, -0.2) is 13.2 Å². The van der Waals surface area contributed by atoms with Crippen LogP contribution in [0.5, 0.6) is 0 Å². The van der Waals surface area contributed by atoms with E-state index in [1.54, 1.807) is 6.92 Å². The van der Waals surface area contributed by atoms with Gasteiger partial charge in [-0.1, -0.05) is 6.92 Å². The van der Waals surface area contributed by atoms with E-state index in [0.29, 0.717) is 12.4 Å². The summed E-state index contributed by atoms with van der Waals surface area (Å²) in [6.45, 7) is 1.58. The fraction of sp³-hybridized carbons (Fsp3) is 0.300. The lowest BCUT2D eigenvalue weighted by atomic mass is 10.0. The maximum atomic E-state index is 13.0. The highest BCUT2D eigenvalue weighted by molar-refractivity contribution is 5.53. The Kier molecular flexibility index (Phi) is 3.28. The molecule has 0 fully saturated rings. The Bertz CT molecular complexity index is 349. The van der Waals surface area contributed by atoms with Gasteiger partial charge in [-0.15, -0.1) is 0 Å². The number of hydrogen-bond donors (Lipinski definition) is 0. The molecule has 4 heteroatoms. The normalized spacial score (nSPS) is 12.6. The molecule has 76 valence electrons. The van der Waals surface area contributed by atoms with Gasteiger partial charge in [0, 0.05) is 12.0 Å². The summed E-state index contributed by atoms with van der Waals surface area (Å²) < 4.78 is 38.2. The summed E-state index contributed by atoms with van der Waals surface area (Å²) in [5.74, 6) is -3.54. The monoisotopic (exact) mass is 202 g/mol. The van der Waals surface area contributed by atoms with Crippen LogP contribution in [0.1, 0.15) is 12.5 Å². The van der Waals surface area contributed by atoms with Gasteiger partial charge in [0.15, 0.2) is 11.6 Å². The van der Waals surface area contributed by atoms with Crippen LogP contribution in [0.4, 0.5) is 13.2 Å². The number of aldehydes is 1. The molecule has 0 bridgehead atoms. The molecule has 1 aromatic carbocycles. The highest BCUT2D eigenvalue weighted by atomic mass is 19.2. The Morgan fingerprint density at radius 1 is 1.21 bits per heavy atom. The first kappa shape index (κ1) is 10.8. The number of carbonyl (C=O) groups excluding carboxylic acids is 1. The molecule has 0 aliphatic heterocycles. The quantitative estimate of drug-likeness (QED) is 0.543. The second kappa shape index (κ2) is 4.26. The Morgan fingerprint density at radius 3 is 2.36 bits per heavy atom. The fourth-order valence-electron chi connectivity index (χ4n) is 1.12. The van der Waals surface area contributed by atoms with Crippen LogP contribution in [0, 0.1) is 23.4 Å². The second-order valence-electron chi connectivity index (χ2n) is 3.18. The predicted molar refractivity (Wildman–Crippen MR) is 45.2 cm³/mol. The minimum Gasteiger partial charge on any atom is -0.303 e. The van der Waals surface area contributed by atoms with Crippen molar-refractivity contribution in [3.8, 4) is 0 Å². The van der Waals surface area contributed by atoms with Crippen molar-refractivity contribution in [1.29, 1.82) is 0 Å². The molecule has 1 aromatic rings. The first-order valence-electron chi connectivity index (χ1n) is 4.13. The number of carbonyl (C=O) groups is 1. The third kappa shape index (κ3) is 2.34. The van der Waals surface area contributed by atoms with Crippen LogP contribution in [0.3, 0.4) is 0 Å². The largest absolute Gasteiger partial charge is 0.303 e. The fourth-order valence-corrected chi connectivity index (χ4v) is 1.12. The molecule has 0 radical (unpaired) electrons. The Hall–Kier alpha value is -1.32. The Balaban J connectivity index is 2.97. The van der Waals surface area contributed by atoms with Gasteiger partial charge in [-0.2, -0.15) is 0 Å². The summed E-state index contributed by atoms with van der Waals surface area (Å²) in [5.41, 5.74) is 0.0171. The van der Waals surface area contributed by atoms with Crippen molar-refractivity contribution < 1.29 is 18.0 Å². The van der Waals surface area contributed by atoms with Gasteiger partial charge in [0.05, 0.1) is 0 Å². The molecule has 1 unspecified atom stereocenters. The van der Waals surface area contributed by atoms with Gasteiger partial charge >= 0.3 is 0 Å². The van der Waals surface area contributed by atoms with Gasteiger partial charge in [0.25, 0.3) is 0 Å². The molecule has 0 heterocycles. The van der Waals surface area contributed by atoms with Crippen LogP contribution in [0.25, 0.3) is 0 Å². The van der Waals surface area contributed by atoms with Crippen LogP contribution in [-0.2, 0) is 11.2 Å². The molecule has 0 spiro atoms. The summed E-state index contributed by atoms with van der Waals surface area (Å²) in [4.78, 5) is 10.3. The highest BCUT2D eigenvalue weighted by Gasteiger charge is 2.11. The van der Waals surface area contributed by atoms with Crippen LogP contribution < -0.4 is 0 Å². The molecule has 0 N–H and O–H groups in total. The summed E-state index contributed by atoms with van der Waals surface area (Å²) in [6, 6.07) is 1.27. The zero-order chi connectivity index (χ0) is 10.7. The molecule has 0 aliphatic carbocycles. The Morgan fingerprint density at radius 2 is 1.79 bits per heavy atom. The third-order valence-electron chi connectivity index (χ3n) is 1.86. The zero-order valence-corrected chi connectivity index (χ0v) is 7.56. The van der Waals surface area contributed by atoms with E-state index in [1.807, 2.05) is 0 Å². The second-order valence-corrected chi connectivity index (χ2v) is 3.18. The van der Waals surface area contributed by atoms with E-state index in [2.05, 4.69) is 0 Å². The van der Waals surface area contributed by atoms with E-state index in [9.17, 15) is 18.0 Å². The van der Waals surface area contributed by atoms with Gasteiger partial charge in [-0.3, -0.25) is 0 Å². The van der Waals surface area contributed by atoms with Crippen LogP contribution >= 0.6 is 0 Å². The lowest BCUT2D eigenvalue weighted by Gasteiger charge is -2.05. The predicted octanol–water partition coefficient (Wildman–Crippen LogP) is 2.48. The number of halogens is 3. The average Bonchev–Trinajstić information content (AvgIpc) is 2.14. The van der Waals surface area contributed by atoms with Gasteiger partial charge < -0.3 is 4.79 Å². The van der Waals surface area contributed by atoms with Gasteiger partial charge in [0.1, 0.15) is 12.1 Å². The summed E-state index contributed by atoms with van der Waals surface area (Å²) >= 11 is 0. The standard InChI is InChI=1S/C10H9F3O/c1-6(5-14)2-7-3-9(12)10(13)4-8(7)11/h3-6H,2H2,1H3. The number of hydrogen-bond acceptors (Lipinski definition) is 1. The average molecular weight is 202 g/mol. The molecule has 0 saturated heterocycles. The Labute approximate surface area is 79.5 Å². The van der Waals surface area contributed by atoms with Crippen molar-refractivity contribution in [1.82, 2.24) is 0 Å². The number of benzene rings is 1. The van der Waals surface area contributed by atoms with Crippen molar-refractivity contribution in [2.24, 2.45) is 5.92 Å². The van der Waals surface area contributed by atoms with Crippen molar-refractivity contribution in [2.45, 2.75) is 13.3 Å². The minimum absolute atomic E-state index is 0.0171. The molecule has 0 aliphatic rings. The molecule has 0 amide bonds. The molecule has 0 aromatic heterocycles. The van der Waals surface area contributed by atoms with E-state index < -0.39 is 23.4 Å². The van der Waals surface area contributed by atoms with Crippen molar-refractivity contribution in [2.75, 3.05) is 0 Å². The van der Waals surface area contributed by atoms with Gasteiger partial charge in [0.2, 0.25) is 0 Å². The SMILES string of the molecule is CC(C=O)Cc1cc(F)c(F)cc1F. The van der Waals surface area contributed by atoms with Crippen molar-refractivity contribution in [3.05, 3.63) is 35.1 Å². The topological polar surface area (TPSA) is 17.1 Å². The first-order chi connectivity index (χ1) is 6.54. The molecule has 1 atom stereocenters. The number of rotatable bonds is 3. The molecule has 1 nitrogen and oxygen atoms in total. The maximum Gasteiger partial charge on any atom is 0.161 e. The van der Waals surface area contributed by atoms with Crippen molar-refractivity contribution >= 4 is 6.29 Å². The molecule has 0 saturated carbocycles. The van der Waals surface area contributed by atoms with Crippen molar-refractivity contribution in [3.63, 3.8) is 0 Å². The van der Waals surface area contributed by atoms with E-state index in [-0.39, 0.29) is 12.0 Å². The molecule has 14 heavy (non-hydrogen) atoms. The van der Waals surface area contributed by atoms with Crippen LogP contribution in [0.15, 0.2) is 12.1 Å². The van der Waals surface area contributed by atoms with E-state index in [1.165, 1.54) is 0 Å². The van der Waals surface area contributed by atoms with E-state index in [4.69, 9.17) is 0 Å². The maximum absolute atomic E-state index is 13.0. The summed E-state index contributed by atoms with van der Waals surface area (Å²) in [5, 5.41) is 0. The lowest BCUT2D eigenvalue weighted by Crippen LogP contribution is -2.04. The van der Waals surface area contributed by atoms with Gasteiger partial charge in [-0.05, 0) is 18.1 Å². The smallest absolute Gasteiger partial charge is 0.161 e. The van der Waals surface area contributed by atoms with Crippen LogP contribution in [-0.4, -0.2) is 6.29 Å².